The van der Waals surface area contributed by atoms with E-state index in [4.69, 9.17) is 27.9 Å². The van der Waals surface area contributed by atoms with Crippen molar-refractivity contribution in [1.29, 1.82) is 0 Å². The van der Waals surface area contributed by atoms with E-state index in [9.17, 15) is 0 Å². The first kappa shape index (κ1) is 16.1. The Morgan fingerprint density at radius 3 is 2.85 bits per heavy atom. The van der Waals surface area contributed by atoms with Gasteiger partial charge in [0.1, 0.15) is 0 Å². The number of likely N-dealkylation sites (N-methyl/N-ethyl adjacent to an activating group) is 1. The van der Waals surface area contributed by atoms with Crippen molar-refractivity contribution in [3.63, 3.8) is 0 Å². The van der Waals surface area contributed by atoms with Gasteiger partial charge in [-0.3, -0.25) is 4.90 Å². The van der Waals surface area contributed by atoms with Crippen molar-refractivity contribution in [1.82, 2.24) is 10.2 Å². The average Bonchev–Trinajstić information content (AvgIpc) is 2.43. The molecule has 0 aromatic heterocycles. The number of halogens is 2. The highest BCUT2D eigenvalue weighted by Gasteiger charge is 2.31. The standard InChI is InChI=1S/C15H22Cl2N2O/c1-3-6-18-10-14-15(19(2)7-8-20-14)11-4-5-12(16)13(17)9-11/h4-5,9,14-15,18H,3,6-8,10H2,1-2H3. The molecule has 0 radical (unpaired) electrons. The molecule has 1 saturated heterocycles. The number of rotatable bonds is 5. The lowest BCUT2D eigenvalue weighted by molar-refractivity contribution is -0.0612. The Bertz CT molecular complexity index is 442. The third-order valence-electron chi connectivity index (χ3n) is 3.66. The summed E-state index contributed by atoms with van der Waals surface area (Å²) >= 11 is 12.2. The zero-order valence-electron chi connectivity index (χ0n) is 12.0. The van der Waals surface area contributed by atoms with Gasteiger partial charge in [0.15, 0.2) is 0 Å². The molecule has 3 nitrogen and oxygen atoms in total. The van der Waals surface area contributed by atoms with Gasteiger partial charge in [0.2, 0.25) is 0 Å². The van der Waals surface area contributed by atoms with E-state index in [-0.39, 0.29) is 12.1 Å². The fourth-order valence-corrected chi connectivity index (χ4v) is 2.93. The van der Waals surface area contributed by atoms with Gasteiger partial charge in [-0.05, 0) is 37.7 Å². The molecule has 112 valence electrons. The average molecular weight is 317 g/mol. The summed E-state index contributed by atoms with van der Waals surface area (Å²) in [5.41, 5.74) is 1.16. The molecule has 1 aromatic carbocycles. The maximum Gasteiger partial charge on any atom is 0.0896 e. The lowest BCUT2D eigenvalue weighted by Crippen LogP contribution is -2.47. The van der Waals surface area contributed by atoms with E-state index in [1.165, 1.54) is 0 Å². The molecule has 20 heavy (non-hydrogen) atoms. The van der Waals surface area contributed by atoms with E-state index in [1.54, 1.807) is 0 Å². The number of nitrogens with zero attached hydrogens (tertiary/aromatic N) is 1. The minimum Gasteiger partial charge on any atom is -0.374 e. The largest absolute Gasteiger partial charge is 0.374 e. The van der Waals surface area contributed by atoms with Crippen LogP contribution < -0.4 is 5.32 Å². The highest BCUT2D eigenvalue weighted by molar-refractivity contribution is 6.42. The molecule has 1 aliphatic heterocycles. The van der Waals surface area contributed by atoms with Gasteiger partial charge in [-0.2, -0.15) is 0 Å². The van der Waals surface area contributed by atoms with E-state index >= 15 is 0 Å². The van der Waals surface area contributed by atoms with E-state index in [0.717, 1.165) is 38.2 Å². The molecule has 0 saturated carbocycles. The molecule has 0 amide bonds. The third-order valence-corrected chi connectivity index (χ3v) is 4.40. The van der Waals surface area contributed by atoms with Crippen molar-refractivity contribution in [3.8, 4) is 0 Å². The van der Waals surface area contributed by atoms with Gasteiger partial charge in [-0.15, -0.1) is 0 Å². The Balaban J connectivity index is 2.15. The molecule has 1 aliphatic rings. The van der Waals surface area contributed by atoms with Crippen LogP contribution in [0.25, 0.3) is 0 Å². The monoisotopic (exact) mass is 316 g/mol. The fraction of sp³-hybridized carbons (Fsp3) is 0.600. The Morgan fingerprint density at radius 2 is 2.15 bits per heavy atom. The summed E-state index contributed by atoms with van der Waals surface area (Å²) < 4.78 is 5.95. The number of ether oxygens (including phenoxy) is 1. The maximum atomic E-state index is 6.15. The predicted octanol–water partition coefficient (Wildman–Crippen LogP) is 3.36. The fourth-order valence-electron chi connectivity index (χ4n) is 2.62. The normalized spacial score (nSPS) is 24.0. The van der Waals surface area contributed by atoms with Crippen LogP contribution in [0.15, 0.2) is 18.2 Å². The van der Waals surface area contributed by atoms with Crippen LogP contribution in [0.4, 0.5) is 0 Å². The lowest BCUT2D eigenvalue weighted by atomic mass is 9.98. The van der Waals surface area contributed by atoms with Gasteiger partial charge in [0.05, 0.1) is 28.8 Å². The Hall–Kier alpha value is -0.320. The predicted molar refractivity (Wildman–Crippen MR) is 84.7 cm³/mol. The minimum absolute atomic E-state index is 0.137. The van der Waals surface area contributed by atoms with Crippen LogP contribution in [-0.2, 0) is 4.74 Å². The molecule has 5 heteroatoms. The van der Waals surface area contributed by atoms with Gasteiger partial charge in [-0.1, -0.05) is 36.2 Å². The first-order valence-corrected chi connectivity index (χ1v) is 7.86. The van der Waals surface area contributed by atoms with Gasteiger partial charge < -0.3 is 10.1 Å². The quantitative estimate of drug-likeness (QED) is 0.843. The van der Waals surface area contributed by atoms with Gasteiger partial charge >= 0.3 is 0 Å². The van der Waals surface area contributed by atoms with E-state index in [2.05, 4.69) is 24.2 Å². The van der Waals surface area contributed by atoms with Crippen molar-refractivity contribution in [2.45, 2.75) is 25.5 Å². The number of morpholine rings is 1. The second kappa shape index (κ2) is 7.62. The molecule has 0 aliphatic carbocycles. The smallest absolute Gasteiger partial charge is 0.0896 e. The summed E-state index contributed by atoms with van der Waals surface area (Å²) in [7, 11) is 2.13. The lowest BCUT2D eigenvalue weighted by Gasteiger charge is -2.39. The summed E-state index contributed by atoms with van der Waals surface area (Å²) in [4.78, 5) is 2.32. The van der Waals surface area contributed by atoms with E-state index in [0.29, 0.717) is 10.0 Å². The Labute approximate surface area is 131 Å². The summed E-state index contributed by atoms with van der Waals surface area (Å²) in [6.45, 7) is 5.72. The van der Waals surface area contributed by atoms with Crippen LogP contribution in [0, 0.1) is 0 Å². The molecule has 1 N–H and O–H groups in total. The van der Waals surface area contributed by atoms with Gasteiger partial charge in [-0.25, -0.2) is 0 Å². The van der Waals surface area contributed by atoms with E-state index in [1.807, 2.05) is 18.2 Å². The second-order valence-electron chi connectivity index (χ2n) is 5.21. The zero-order valence-corrected chi connectivity index (χ0v) is 13.5. The third kappa shape index (κ3) is 3.86. The maximum absolute atomic E-state index is 6.15. The summed E-state index contributed by atoms with van der Waals surface area (Å²) in [6.07, 6.45) is 1.26. The number of nitrogens with one attached hydrogen (secondary N) is 1. The Kier molecular flexibility index (Phi) is 6.12. The molecule has 1 fully saturated rings. The SMILES string of the molecule is CCCNCC1OCCN(C)C1c1ccc(Cl)c(Cl)c1. The van der Waals surface area contributed by atoms with Crippen molar-refractivity contribution >= 4 is 23.2 Å². The molecule has 0 spiro atoms. The first-order valence-electron chi connectivity index (χ1n) is 7.11. The van der Waals surface area contributed by atoms with Crippen LogP contribution in [-0.4, -0.2) is 44.3 Å². The summed E-state index contributed by atoms with van der Waals surface area (Å²) in [6, 6.07) is 6.06. The topological polar surface area (TPSA) is 24.5 Å². The molecule has 0 bridgehead atoms. The molecular formula is C15H22Cl2N2O. The second-order valence-corrected chi connectivity index (χ2v) is 6.03. The van der Waals surface area contributed by atoms with Gasteiger partial charge in [0.25, 0.3) is 0 Å². The van der Waals surface area contributed by atoms with Crippen molar-refractivity contribution in [3.05, 3.63) is 33.8 Å². The number of hydrogen-bond donors (Lipinski definition) is 1. The Morgan fingerprint density at radius 1 is 1.35 bits per heavy atom. The summed E-state index contributed by atoms with van der Waals surface area (Å²) in [5.74, 6) is 0. The van der Waals surface area contributed by atoms with Crippen LogP contribution in [0.1, 0.15) is 24.9 Å². The number of benzene rings is 1. The molecule has 2 rings (SSSR count). The van der Waals surface area contributed by atoms with E-state index < -0.39 is 0 Å². The van der Waals surface area contributed by atoms with Crippen molar-refractivity contribution in [2.24, 2.45) is 0 Å². The first-order chi connectivity index (χ1) is 9.63. The van der Waals surface area contributed by atoms with Gasteiger partial charge in [0, 0.05) is 13.1 Å². The zero-order chi connectivity index (χ0) is 14.5. The van der Waals surface area contributed by atoms with Crippen molar-refractivity contribution < 1.29 is 4.74 Å². The molecule has 2 unspecified atom stereocenters. The van der Waals surface area contributed by atoms with Crippen LogP contribution in [0.3, 0.4) is 0 Å². The molecule has 1 aromatic rings. The number of hydrogen-bond acceptors (Lipinski definition) is 3. The van der Waals surface area contributed by atoms with Crippen molar-refractivity contribution in [2.75, 3.05) is 33.3 Å². The van der Waals surface area contributed by atoms with Crippen LogP contribution in [0.5, 0.6) is 0 Å². The molecule has 2 atom stereocenters. The highest BCUT2D eigenvalue weighted by atomic mass is 35.5. The molecular weight excluding hydrogens is 295 g/mol. The van der Waals surface area contributed by atoms with Crippen LogP contribution >= 0.6 is 23.2 Å². The highest BCUT2D eigenvalue weighted by Crippen LogP contribution is 2.32. The van der Waals surface area contributed by atoms with Crippen LogP contribution in [0.2, 0.25) is 10.0 Å². The minimum atomic E-state index is 0.137. The summed E-state index contributed by atoms with van der Waals surface area (Å²) in [5, 5.41) is 4.63. The molecule has 1 heterocycles.